The number of hydrogen-bond donors (Lipinski definition) is 0. The van der Waals surface area contributed by atoms with Gasteiger partial charge in [-0.05, 0) is 48.0 Å². The first-order valence-corrected chi connectivity index (χ1v) is 11.2. The van der Waals surface area contributed by atoms with Gasteiger partial charge in [0.15, 0.2) is 0 Å². The summed E-state index contributed by atoms with van der Waals surface area (Å²) in [5, 5.41) is 0. The number of carbonyl (C=O) groups excluding carboxylic acids is 2. The van der Waals surface area contributed by atoms with Gasteiger partial charge in [-0.15, -0.1) is 0 Å². The van der Waals surface area contributed by atoms with E-state index in [-0.39, 0.29) is 0 Å². The molecular weight excluding hydrogens is 353 g/mol. The summed E-state index contributed by atoms with van der Waals surface area (Å²) in [5.74, 6) is 1.81. The van der Waals surface area contributed by atoms with Gasteiger partial charge in [0.05, 0.1) is 0 Å². The van der Waals surface area contributed by atoms with Crippen molar-refractivity contribution < 1.29 is 19.1 Å². The van der Waals surface area contributed by atoms with Crippen molar-refractivity contribution in [2.75, 3.05) is 6.54 Å². The number of ether oxygens (including phenoxy) is 2. The summed E-state index contributed by atoms with van der Waals surface area (Å²) < 4.78 is 10.9. The summed E-state index contributed by atoms with van der Waals surface area (Å²) in [6, 6.07) is 0. The smallest absolute Gasteiger partial charge is 0.419 e. The molecule has 28 heavy (non-hydrogen) atoms. The fourth-order valence-corrected chi connectivity index (χ4v) is 4.83. The molecule has 2 aliphatic rings. The van der Waals surface area contributed by atoms with Gasteiger partial charge in [-0.2, -0.15) is 0 Å². The monoisotopic (exact) mass is 393 g/mol. The molecule has 2 rings (SSSR count). The van der Waals surface area contributed by atoms with E-state index in [1.54, 1.807) is 41.5 Å². The zero-order valence-corrected chi connectivity index (χ0v) is 18.9. The van der Waals surface area contributed by atoms with E-state index in [1.807, 2.05) is 0 Å². The Morgan fingerprint density at radius 3 is 1.64 bits per heavy atom. The number of fused-ring (bicyclic) bond motifs is 2. The first kappa shape index (κ1) is 23.1. The summed E-state index contributed by atoms with van der Waals surface area (Å²) in [5.41, 5.74) is -1.28. The van der Waals surface area contributed by atoms with E-state index in [2.05, 4.69) is 0 Å². The van der Waals surface area contributed by atoms with Crippen molar-refractivity contribution in [1.82, 2.24) is 4.90 Å². The van der Waals surface area contributed by atoms with Crippen molar-refractivity contribution in [3.63, 3.8) is 0 Å². The zero-order valence-electron chi connectivity index (χ0n) is 18.9. The molecule has 0 aliphatic carbocycles. The normalized spacial score (nSPS) is 22.6. The highest BCUT2D eigenvalue weighted by Crippen LogP contribution is 2.48. The van der Waals surface area contributed by atoms with Gasteiger partial charge in [-0.1, -0.05) is 62.9 Å². The van der Waals surface area contributed by atoms with E-state index in [9.17, 15) is 9.59 Å². The summed E-state index contributed by atoms with van der Waals surface area (Å²) in [7, 11) is 0. The highest BCUT2D eigenvalue weighted by Gasteiger charge is 2.38. The molecule has 0 unspecified atom stereocenters. The number of hydrogen-bond acceptors (Lipinski definition) is 4. The molecule has 0 saturated carbocycles. The highest BCUT2D eigenvalue weighted by atomic mass is 16.6. The lowest BCUT2D eigenvalue weighted by Crippen LogP contribution is -2.44. The Labute approximate surface area is 172 Å². The van der Waals surface area contributed by atoms with Gasteiger partial charge in [0, 0.05) is 6.54 Å². The third-order valence-electron chi connectivity index (χ3n) is 5.91. The Kier molecular flexibility index (Phi) is 7.86. The summed E-state index contributed by atoms with van der Waals surface area (Å²) in [6.45, 7) is 12.0. The van der Waals surface area contributed by atoms with E-state index < -0.39 is 23.4 Å². The third-order valence-corrected chi connectivity index (χ3v) is 5.91. The molecule has 0 aromatic heterocycles. The summed E-state index contributed by atoms with van der Waals surface area (Å²) in [6.07, 6.45) is 10.2. The molecule has 0 spiro atoms. The lowest BCUT2D eigenvalue weighted by Gasteiger charge is -2.40. The van der Waals surface area contributed by atoms with E-state index in [4.69, 9.17) is 9.47 Å². The van der Waals surface area contributed by atoms with Crippen LogP contribution >= 0.6 is 0 Å². The Morgan fingerprint density at radius 1 is 0.821 bits per heavy atom. The van der Waals surface area contributed by atoms with Crippen LogP contribution in [0.4, 0.5) is 9.59 Å². The van der Waals surface area contributed by atoms with Crippen LogP contribution in [0.2, 0.25) is 18.0 Å². The molecule has 2 saturated heterocycles. The van der Waals surface area contributed by atoms with Gasteiger partial charge in [0.25, 0.3) is 0 Å². The van der Waals surface area contributed by atoms with Gasteiger partial charge < -0.3 is 9.47 Å². The standard InChI is InChI=1S/C22H40BNO4/c1-21(2,3)27-19(25)24(20(26)28-22(4,5)6)16-8-7-15-23-17-11-9-12-18(23)14-10-13-17/h17-18H,7-16H2,1-6H3. The molecule has 0 atom stereocenters. The highest BCUT2D eigenvalue weighted by molar-refractivity contribution is 6.62. The van der Waals surface area contributed by atoms with Crippen LogP contribution in [0, 0.1) is 0 Å². The summed E-state index contributed by atoms with van der Waals surface area (Å²) in [4.78, 5) is 26.2. The molecule has 2 bridgehead atoms. The van der Waals surface area contributed by atoms with Crippen LogP contribution in [0.15, 0.2) is 0 Å². The minimum atomic E-state index is -0.642. The average Bonchev–Trinajstić information content (AvgIpc) is 2.50. The van der Waals surface area contributed by atoms with Crippen LogP contribution in [-0.4, -0.2) is 41.5 Å². The predicted octanol–water partition coefficient (Wildman–Crippen LogP) is 6.54. The maximum Gasteiger partial charge on any atom is 0.419 e. The second-order valence-electron chi connectivity index (χ2n) is 10.7. The SMILES string of the molecule is CC(C)(C)OC(=O)N(CCCCB1C2CCCC1CCC2)C(=O)OC(C)(C)C. The van der Waals surface area contributed by atoms with Crippen LogP contribution in [0.1, 0.15) is 92.9 Å². The lowest BCUT2D eigenvalue weighted by atomic mass is 9.26. The fraction of sp³-hybridized carbons (Fsp3) is 0.909. The van der Waals surface area contributed by atoms with Crippen LogP contribution in [0.25, 0.3) is 0 Å². The van der Waals surface area contributed by atoms with Crippen molar-refractivity contribution >= 4 is 18.9 Å². The van der Waals surface area contributed by atoms with Crippen molar-refractivity contribution in [3.8, 4) is 0 Å². The zero-order chi connectivity index (χ0) is 20.9. The molecule has 2 amide bonds. The number of carbonyl (C=O) groups is 2. The molecule has 0 N–H and O–H groups in total. The molecule has 160 valence electrons. The van der Waals surface area contributed by atoms with Crippen molar-refractivity contribution in [1.29, 1.82) is 0 Å². The Balaban J connectivity index is 1.88. The molecule has 0 aromatic rings. The van der Waals surface area contributed by atoms with E-state index in [0.717, 1.165) is 36.1 Å². The minimum absolute atomic E-state index is 0.353. The first-order chi connectivity index (χ1) is 13.0. The molecule has 2 heterocycles. The van der Waals surface area contributed by atoms with Gasteiger partial charge in [-0.3, -0.25) is 0 Å². The Hall–Kier alpha value is -1.20. The second kappa shape index (κ2) is 9.54. The van der Waals surface area contributed by atoms with Gasteiger partial charge in [0.2, 0.25) is 0 Å². The van der Waals surface area contributed by atoms with Crippen molar-refractivity contribution in [3.05, 3.63) is 0 Å². The number of amides is 2. The molecule has 6 heteroatoms. The van der Waals surface area contributed by atoms with Crippen LogP contribution in [0.5, 0.6) is 0 Å². The van der Waals surface area contributed by atoms with Crippen LogP contribution in [-0.2, 0) is 9.47 Å². The van der Waals surface area contributed by atoms with Gasteiger partial charge in [-0.25, -0.2) is 14.5 Å². The van der Waals surface area contributed by atoms with Gasteiger partial charge in [0.1, 0.15) is 17.9 Å². The third kappa shape index (κ3) is 7.33. The van der Waals surface area contributed by atoms with E-state index >= 15 is 0 Å². The molecule has 2 fully saturated rings. The quantitative estimate of drug-likeness (QED) is 0.393. The van der Waals surface area contributed by atoms with Crippen molar-refractivity contribution in [2.45, 2.75) is 122 Å². The minimum Gasteiger partial charge on any atom is -0.443 e. The fourth-order valence-electron chi connectivity index (χ4n) is 4.83. The van der Waals surface area contributed by atoms with Gasteiger partial charge >= 0.3 is 12.2 Å². The number of imide groups is 1. The molecule has 0 aromatic carbocycles. The number of nitrogens with zero attached hydrogens (tertiary/aromatic N) is 1. The number of rotatable bonds is 5. The van der Waals surface area contributed by atoms with E-state index in [0.29, 0.717) is 6.54 Å². The molecule has 5 nitrogen and oxygen atoms in total. The molecule has 0 radical (unpaired) electrons. The molecule has 2 aliphatic heterocycles. The Morgan fingerprint density at radius 2 is 1.25 bits per heavy atom. The topological polar surface area (TPSA) is 55.8 Å². The lowest BCUT2D eigenvalue weighted by molar-refractivity contribution is 0.00126. The number of unbranched alkanes of at least 4 members (excludes halogenated alkanes) is 1. The largest absolute Gasteiger partial charge is 0.443 e. The Bertz CT molecular complexity index is 488. The maximum atomic E-state index is 12.5. The molecular formula is C22H40BNO4. The van der Waals surface area contributed by atoms with Crippen LogP contribution in [0.3, 0.4) is 0 Å². The van der Waals surface area contributed by atoms with Crippen LogP contribution < -0.4 is 0 Å². The second-order valence-corrected chi connectivity index (χ2v) is 10.7. The summed E-state index contributed by atoms with van der Waals surface area (Å²) >= 11 is 0. The van der Waals surface area contributed by atoms with Crippen molar-refractivity contribution in [2.24, 2.45) is 0 Å². The average molecular weight is 393 g/mol. The maximum absolute atomic E-state index is 12.5. The first-order valence-electron chi connectivity index (χ1n) is 11.2. The van der Waals surface area contributed by atoms with E-state index in [1.165, 1.54) is 44.8 Å². The predicted molar refractivity (Wildman–Crippen MR) is 114 cm³/mol.